The Hall–Kier alpha value is -0.870. The smallest absolute Gasteiger partial charge is 0.115 e. The van der Waals surface area contributed by atoms with E-state index in [1.54, 1.807) is 22.9 Å². The highest BCUT2D eigenvalue weighted by Gasteiger charge is 2.17. The zero-order chi connectivity index (χ0) is 14.1. The highest BCUT2D eigenvalue weighted by molar-refractivity contribution is 8.95. The summed E-state index contributed by atoms with van der Waals surface area (Å²) in [6, 6.07) is 14.9. The number of hydrogen-bond donors (Lipinski definition) is 1. The van der Waals surface area contributed by atoms with Crippen LogP contribution in [0.5, 0.6) is 5.75 Å². The van der Waals surface area contributed by atoms with E-state index in [-0.39, 0.29) is 5.75 Å². The van der Waals surface area contributed by atoms with Gasteiger partial charge in [-0.3, -0.25) is 0 Å². The van der Waals surface area contributed by atoms with Gasteiger partial charge in [-0.15, -0.1) is 0 Å². The first kappa shape index (κ1) is 14.1. The minimum atomic E-state index is -0.397. The van der Waals surface area contributed by atoms with Crippen LogP contribution >= 0.6 is 41.8 Å². The molecule has 0 spiro atoms. The van der Waals surface area contributed by atoms with E-state index in [0.717, 1.165) is 25.9 Å². The number of hydrogen-bond acceptors (Lipinski definition) is 2. The van der Waals surface area contributed by atoms with Crippen molar-refractivity contribution >= 4 is 51.6 Å². The fourth-order valence-electron chi connectivity index (χ4n) is 1.86. The van der Waals surface area contributed by atoms with Gasteiger partial charge in [0.15, 0.2) is 0 Å². The lowest BCUT2D eigenvalue weighted by Gasteiger charge is -2.01. The summed E-state index contributed by atoms with van der Waals surface area (Å²) >= 11 is 5.91. The molecule has 2 aromatic rings. The maximum Gasteiger partial charge on any atom is 0.115 e. The first-order valence-corrected chi connectivity index (χ1v) is 9.62. The third kappa shape index (κ3) is 2.91. The van der Waals surface area contributed by atoms with Crippen LogP contribution in [0.15, 0.2) is 54.6 Å². The molecule has 0 amide bonds. The van der Waals surface area contributed by atoms with E-state index in [0.29, 0.717) is 0 Å². The Morgan fingerprint density at radius 2 is 1.50 bits per heavy atom. The molecule has 0 fully saturated rings. The van der Waals surface area contributed by atoms with Crippen molar-refractivity contribution in [3.63, 3.8) is 0 Å². The van der Waals surface area contributed by atoms with E-state index in [1.165, 1.54) is 0 Å². The Morgan fingerprint density at radius 3 is 2.15 bits per heavy atom. The van der Waals surface area contributed by atoms with Crippen molar-refractivity contribution in [2.24, 2.45) is 0 Å². The quantitative estimate of drug-likeness (QED) is 0.559. The lowest BCUT2D eigenvalue weighted by Crippen LogP contribution is -1.92. The summed E-state index contributed by atoms with van der Waals surface area (Å²) in [5.74, 6) is 0.268. The number of phenols is 1. The predicted molar refractivity (Wildman–Crippen MR) is 92.7 cm³/mol. The van der Waals surface area contributed by atoms with E-state index < -0.39 is 8.73 Å². The van der Waals surface area contributed by atoms with Gasteiger partial charge in [-0.2, -0.15) is 0 Å². The fraction of sp³-hybridized carbons (Fsp3) is 0. The van der Waals surface area contributed by atoms with E-state index in [2.05, 4.69) is 6.08 Å². The summed E-state index contributed by atoms with van der Waals surface area (Å²) in [5, 5.41) is 10.1. The molecule has 0 radical (unpaired) electrons. The van der Waals surface area contributed by atoms with Crippen molar-refractivity contribution in [1.29, 1.82) is 0 Å². The van der Waals surface area contributed by atoms with E-state index in [4.69, 9.17) is 22.3 Å². The molecule has 1 atom stereocenters. The van der Waals surface area contributed by atoms with Gasteiger partial charge in [-0.05, 0) is 71.7 Å². The highest BCUT2D eigenvalue weighted by atomic mass is 35.7. The summed E-state index contributed by atoms with van der Waals surface area (Å²) < 4.78 is 0. The van der Waals surface area contributed by atoms with Crippen molar-refractivity contribution < 1.29 is 5.11 Å². The number of allylic oxidation sites excluding steroid dienone is 1. The maximum atomic E-state index is 9.34. The van der Waals surface area contributed by atoms with Crippen LogP contribution in [0.1, 0.15) is 11.1 Å². The molecular weight excluding hydrogens is 331 g/mol. The average molecular weight is 341 g/mol. The summed E-state index contributed by atoms with van der Waals surface area (Å²) in [6.45, 7) is 0. The van der Waals surface area contributed by atoms with E-state index >= 15 is 0 Å². The van der Waals surface area contributed by atoms with E-state index in [9.17, 15) is 5.11 Å². The topological polar surface area (TPSA) is 20.2 Å². The molecular formula is C15H10Cl2OS2. The van der Waals surface area contributed by atoms with Crippen molar-refractivity contribution in [3.8, 4) is 5.75 Å². The fourth-order valence-corrected chi connectivity index (χ4v) is 5.86. The third-order valence-corrected chi connectivity index (χ3v) is 7.09. The van der Waals surface area contributed by atoms with Gasteiger partial charge in [0.2, 0.25) is 0 Å². The van der Waals surface area contributed by atoms with Crippen LogP contribution in [-0.2, 0) is 0 Å². The van der Waals surface area contributed by atoms with Gasteiger partial charge >= 0.3 is 0 Å². The maximum absolute atomic E-state index is 9.34. The molecule has 5 heteroatoms. The second-order valence-electron chi connectivity index (χ2n) is 4.23. The molecule has 3 rings (SSSR count). The van der Waals surface area contributed by atoms with Crippen molar-refractivity contribution in [2.45, 2.75) is 0 Å². The molecule has 1 aliphatic rings. The second-order valence-corrected chi connectivity index (χ2v) is 9.14. The highest BCUT2D eigenvalue weighted by Crippen LogP contribution is 2.52. The Bertz CT molecular complexity index is 704. The number of phenolic OH excluding ortho intramolecular Hbond substituents is 1. The van der Waals surface area contributed by atoms with Gasteiger partial charge < -0.3 is 5.11 Å². The average Bonchev–Trinajstić information content (AvgIpc) is 2.82. The van der Waals surface area contributed by atoms with Gasteiger partial charge in [0.1, 0.15) is 5.75 Å². The summed E-state index contributed by atoms with van der Waals surface area (Å²) in [7, 11) is 7.69. The van der Waals surface area contributed by atoms with Crippen molar-refractivity contribution in [2.75, 3.05) is 0 Å². The molecule has 0 aliphatic carbocycles. The Labute approximate surface area is 133 Å². The molecule has 1 aliphatic heterocycles. The zero-order valence-corrected chi connectivity index (χ0v) is 13.4. The molecule has 102 valence electrons. The third-order valence-electron chi connectivity index (χ3n) is 2.88. The van der Waals surface area contributed by atoms with Crippen LogP contribution in [0.25, 0.3) is 4.91 Å². The molecule has 1 N–H and O–H groups in total. The molecule has 0 saturated carbocycles. The van der Waals surface area contributed by atoms with Crippen LogP contribution < -0.4 is 0 Å². The minimum absolute atomic E-state index is 0.268. The van der Waals surface area contributed by atoms with Crippen LogP contribution in [0.2, 0.25) is 5.02 Å². The molecule has 1 heterocycles. The second kappa shape index (κ2) is 5.86. The SMILES string of the molecule is Oc1ccc(C2=CC(c3ccc(Cl)cc3)=S(Cl)S2)cc1. The van der Waals surface area contributed by atoms with Crippen LogP contribution in [-0.4, -0.2) is 9.97 Å². The number of benzene rings is 2. The van der Waals surface area contributed by atoms with Crippen molar-refractivity contribution in [3.05, 3.63) is 70.8 Å². The molecule has 0 saturated heterocycles. The molecule has 0 aromatic heterocycles. The molecule has 0 bridgehead atoms. The lowest BCUT2D eigenvalue weighted by molar-refractivity contribution is 0.475. The summed E-state index contributed by atoms with van der Waals surface area (Å²) in [5.41, 5.74) is 2.16. The molecule has 20 heavy (non-hydrogen) atoms. The van der Waals surface area contributed by atoms with Crippen LogP contribution in [0, 0.1) is 0 Å². The Morgan fingerprint density at radius 1 is 0.900 bits per heavy atom. The zero-order valence-electron chi connectivity index (χ0n) is 10.2. The van der Waals surface area contributed by atoms with Gasteiger partial charge in [0.25, 0.3) is 0 Å². The van der Waals surface area contributed by atoms with Crippen molar-refractivity contribution in [1.82, 2.24) is 0 Å². The minimum Gasteiger partial charge on any atom is -0.508 e. The van der Waals surface area contributed by atoms with Gasteiger partial charge in [0, 0.05) is 14.8 Å². The van der Waals surface area contributed by atoms with Gasteiger partial charge in [-0.25, -0.2) is 0 Å². The molecule has 1 nitrogen and oxygen atoms in total. The monoisotopic (exact) mass is 340 g/mol. The summed E-state index contributed by atoms with van der Waals surface area (Å²) in [6.07, 6.45) is 2.11. The molecule has 1 unspecified atom stereocenters. The Balaban J connectivity index is 1.94. The standard InChI is InChI=1S/C15H10Cl2OS2/c16-12-5-1-11(2-6-12)15-9-14(19-20(15)17)10-3-7-13(18)8-4-10/h1-9,18H. The number of aromatic hydroxyl groups is 1. The van der Waals surface area contributed by atoms with Gasteiger partial charge in [-0.1, -0.05) is 35.9 Å². The number of rotatable bonds is 2. The number of halogens is 2. The Kier molecular flexibility index (Phi) is 4.13. The largest absolute Gasteiger partial charge is 0.508 e. The lowest BCUT2D eigenvalue weighted by atomic mass is 10.1. The first-order valence-electron chi connectivity index (χ1n) is 5.86. The predicted octanol–water partition coefficient (Wildman–Crippen LogP) is 5.69. The summed E-state index contributed by atoms with van der Waals surface area (Å²) in [4.78, 5) is 2.23. The van der Waals surface area contributed by atoms with E-state index in [1.807, 2.05) is 36.4 Å². The van der Waals surface area contributed by atoms with Crippen LogP contribution in [0.3, 0.4) is 0 Å². The van der Waals surface area contributed by atoms with Gasteiger partial charge in [0.05, 0.1) is 0 Å². The molecule has 2 aromatic carbocycles. The van der Waals surface area contributed by atoms with Crippen LogP contribution in [0.4, 0.5) is 0 Å². The normalized spacial score (nSPS) is 18.2. The first-order chi connectivity index (χ1) is 9.63.